The summed E-state index contributed by atoms with van der Waals surface area (Å²) >= 11 is 6.11. The highest BCUT2D eigenvalue weighted by Crippen LogP contribution is 2.20. The van der Waals surface area contributed by atoms with Crippen molar-refractivity contribution in [2.75, 3.05) is 17.7 Å². The van der Waals surface area contributed by atoms with Gasteiger partial charge in [0.25, 0.3) is 0 Å². The topological polar surface area (TPSA) is 88.1 Å². The molecule has 8 heteroatoms. The van der Waals surface area contributed by atoms with Crippen LogP contribution in [0.25, 0.3) is 6.08 Å². The highest BCUT2D eigenvalue weighted by molar-refractivity contribution is 6.31. The number of rotatable bonds is 4. The van der Waals surface area contributed by atoms with E-state index in [1.807, 2.05) is 6.92 Å². The summed E-state index contributed by atoms with van der Waals surface area (Å²) in [5.74, 6) is -0.290. The fourth-order valence-electron chi connectivity index (χ4n) is 2.01. The number of nitrogens with one attached hydrogen (secondary N) is 3. The third kappa shape index (κ3) is 4.36. The Morgan fingerprint density at radius 3 is 2.25 bits per heavy atom. The molecule has 1 aromatic carbocycles. The summed E-state index contributed by atoms with van der Waals surface area (Å²) < 4.78 is 1.55. The maximum Gasteiger partial charge on any atom is 0.318 e. The van der Waals surface area contributed by atoms with E-state index in [-0.39, 0.29) is 11.9 Å². The molecule has 3 amide bonds. The lowest BCUT2D eigenvalue weighted by Crippen LogP contribution is -2.24. The molecule has 0 radical (unpaired) electrons. The summed E-state index contributed by atoms with van der Waals surface area (Å²) in [4.78, 5) is 23.2. The Morgan fingerprint density at radius 1 is 1.17 bits per heavy atom. The lowest BCUT2D eigenvalue weighted by atomic mass is 10.2. The number of hydrogen-bond donors (Lipinski definition) is 3. The highest BCUT2D eigenvalue weighted by Gasteiger charge is 2.08. The molecule has 0 bridgehead atoms. The number of hydrogen-bond acceptors (Lipinski definition) is 3. The Bertz CT molecular complexity index is 781. The van der Waals surface area contributed by atoms with Crippen LogP contribution in [-0.2, 0) is 11.8 Å². The maximum absolute atomic E-state index is 12.0. The van der Waals surface area contributed by atoms with Gasteiger partial charge in [-0.2, -0.15) is 5.10 Å². The van der Waals surface area contributed by atoms with Gasteiger partial charge in [0.05, 0.1) is 5.69 Å². The molecule has 1 heterocycles. The van der Waals surface area contributed by atoms with E-state index in [9.17, 15) is 9.59 Å². The van der Waals surface area contributed by atoms with Crippen molar-refractivity contribution in [1.82, 2.24) is 15.1 Å². The standard InChI is InChI=1S/C16H18ClN5O2/c1-10-13(15(17)22(3)21-10)8-9-14(23)19-11-4-6-12(7-5-11)20-16(24)18-2/h4-9H,1-3H3,(H,19,23)(H2,18,20,24)/b9-8+. The predicted octanol–water partition coefficient (Wildman–Crippen LogP) is 2.79. The quantitative estimate of drug-likeness (QED) is 0.743. The number of anilines is 2. The van der Waals surface area contributed by atoms with Crippen LogP contribution in [0.15, 0.2) is 30.3 Å². The van der Waals surface area contributed by atoms with Gasteiger partial charge < -0.3 is 16.0 Å². The molecular formula is C16H18ClN5O2. The van der Waals surface area contributed by atoms with Crippen LogP contribution in [0.2, 0.25) is 5.15 Å². The molecule has 2 rings (SSSR count). The Morgan fingerprint density at radius 2 is 1.75 bits per heavy atom. The van der Waals surface area contributed by atoms with E-state index in [1.54, 1.807) is 42.1 Å². The molecule has 0 unspecified atom stereocenters. The summed E-state index contributed by atoms with van der Waals surface area (Å²) in [5, 5.41) is 12.5. The number of benzene rings is 1. The van der Waals surface area contributed by atoms with Crippen LogP contribution in [0.4, 0.5) is 16.2 Å². The molecule has 0 aliphatic heterocycles. The molecule has 0 fully saturated rings. The first-order chi connectivity index (χ1) is 11.4. The Balaban J connectivity index is 1.99. The zero-order valence-electron chi connectivity index (χ0n) is 13.6. The average molecular weight is 348 g/mol. The molecule has 2 aromatic rings. The Kier molecular flexibility index (Phi) is 5.59. The lowest BCUT2D eigenvalue weighted by Gasteiger charge is -2.06. The molecule has 126 valence electrons. The lowest BCUT2D eigenvalue weighted by molar-refractivity contribution is -0.111. The first-order valence-electron chi connectivity index (χ1n) is 7.17. The largest absolute Gasteiger partial charge is 0.341 e. The van der Waals surface area contributed by atoms with Gasteiger partial charge in [0.15, 0.2) is 0 Å². The van der Waals surface area contributed by atoms with Gasteiger partial charge in [0, 0.05) is 37.1 Å². The number of aryl methyl sites for hydroxylation is 2. The van der Waals surface area contributed by atoms with Crippen LogP contribution in [-0.4, -0.2) is 28.8 Å². The SMILES string of the molecule is CNC(=O)Nc1ccc(NC(=O)/C=C/c2c(C)nn(C)c2Cl)cc1. The van der Waals surface area contributed by atoms with E-state index in [0.717, 1.165) is 5.69 Å². The van der Waals surface area contributed by atoms with Gasteiger partial charge in [-0.25, -0.2) is 4.79 Å². The first-order valence-corrected chi connectivity index (χ1v) is 7.55. The second kappa shape index (κ2) is 7.65. The predicted molar refractivity (Wildman–Crippen MR) is 95.1 cm³/mol. The van der Waals surface area contributed by atoms with Crippen molar-refractivity contribution in [3.05, 3.63) is 46.8 Å². The van der Waals surface area contributed by atoms with Crippen molar-refractivity contribution in [1.29, 1.82) is 0 Å². The number of carbonyl (C=O) groups excluding carboxylic acids is 2. The summed E-state index contributed by atoms with van der Waals surface area (Å²) in [6.45, 7) is 1.82. The highest BCUT2D eigenvalue weighted by atomic mass is 35.5. The fraction of sp³-hybridized carbons (Fsp3) is 0.188. The van der Waals surface area contributed by atoms with Crippen LogP contribution in [0, 0.1) is 6.92 Å². The molecule has 0 saturated carbocycles. The van der Waals surface area contributed by atoms with Crippen molar-refractivity contribution in [2.45, 2.75) is 6.92 Å². The van der Waals surface area contributed by atoms with Crippen molar-refractivity contribution in [3.8, 4) is 0 Å². The molecule has 0 aliphatic rings. The smallest absolute Gasteiger partial charge is 0.318 e. The van der Waals surface area contributed by atoms with Crippen molar-refractivity contribution < 1.29 is 9.59 Å². The molecular weight excluding hydrogens is 330 g/mol. The van der Waals surface area contributed by atoms with Crippen LogP contribution in [0.3, 0.4) is 0 Å². The van der Waals surface area contributed by atoms with Crippen molar-refractivity contribution >= 4 is 41.0 Å². The zero-order valence-corrected chi connectivity index (χ0v) is 14.3. The van der Waals surface area contributed by atoms with Crippen LogP contribution < -0.4 is 16.0 Å². The van der Waals surface area contributed by atoms with Gasteiger partial charge in [0.1, 0.15) is 5.15 Å². The normalized spacial score (nSPS) is 10.7. The number of urea groups is 1. The van der Waals surface area contributed by atoms with E-state index >= 15 is 0 Å². The monoisotopic (exact) mass is 347 g/mol. The minimum Gasteiger partial charge on any atom is -0.341 e. The minimum atomic E-state index is -0.307. The number of amides is 3. The van der Waals surface area contributed by atoms with Gasteiger partial charge in [-0.1, -0.05) is 11.6 Å². The molecule has 0 spiro atoms. The first kappa shape index (κ1) is 17.6. The van der Waals surface area contributed by atoms with Crippen LogP contribution in [0.5, 0.6) is 0 Å². The molecule has 0 atom stereocenters. The fourth-order valence-corrected chi connectivity index (χ4v) is 2.25. The minimum absolute atomic E-state index is 0.290. The summed E-state index contributed by atoms with van der Waals surface area (Å²) in [6, 6.07) is 6.46. The number of carbonyl (C=O) groups is 2. The van der Waals surface area contributed by atoms with Gasteiger partial charge in [-0.15, -0.1) is 0 Å². The van der Waals surface area contributed by atoms with E-state index in [2.05, 4.69) is 21.0 Å². The average Bonchev–Trinajstić information content (AvgIpc) is 2.80. The number of nitrogens with zero attached hydrogens (tertiary/aromatic N) is 2. The Labute approximate surface area is 144 Å². The Hall–Kier alpha value is -2.80. The van der Waals surface area contributed by atoms with E-state index in [1.165, 1.54) is 13.1 Å². The maximum atomic E-state index is 12.0. The zero-order chi connectivity index (χ0) is 17.7. The molecule has 0 aliphatic carbocycles. The third-order valence-electron chi connectivity index (χ3n) is 3.23. The van der Waals surface area contributed by atoms with E-state index < -0.39 is 0 Å². The van der Waals surface area contributed by atoms with Gasteiger partial charge in [-0.3, -0.25) is 9.48 Å². The van der Waals surface area contributed by atoms with Gasteiger partial charge in [0.2, 0.25) is 5.91 Å². The number of halogens is 1. The third-order valence-corrected chi connectivity index (χ3v) is 3.68. The van der Waals surface area contributed by atoms with E-state index in [4.69, 9.17) is 11.6 Å². The molecule has 7 nitrogen and oxygen atoms in total. The molecule has 3 N–H and O–H groups in total. The summed E-state index contributed by atoms with van der Waals surface area (Å²) in [6.07, 6.45) is 3.02. The van der Waals surface area contributed by atoms with Crippen LogP contribution in [0.1, 0.15) is 11.3 Å². The molecule has 0 saturated heterocycles. The van der Waals surface area contributed by atoms with Crippen LogP contribution >= 0.6 is 11.6 Å². The summed E-state index contributed by atoms with van der Waals surface area (Å²) in [5.41, 5.74) is 2.69. The number of aromatic nitrogens is 2. The van der Waals surface area contributed by atoms with Crippen molar-refractivity contribution in [2.24, 2.45) is 7.05 Å². The summed E-state index contributed by atoms with van der Waals surface area (Å²) in [7, 11) is 3.27. The van der Waals surface area contributed by atoms with Gasteiger partial charge >= 0.3 is 6.03 Å². The second-order valence-electron chi connectivity index (χ2n) is 5.02. The molecule has 1 aromatic heterocycles. The van der Waals surface area contributed by atoms with E-state index in [0.29, 0.717) is 22.1 Å². The second-order valence-corrected chi connectivity index (χ2v) is 5.38. The molecule has 24 heavy (non-hydrogen) atoms. The van der Waals surface area contributed by atoms with Gasteiger partial charge in [-0.05, 0) is 37.3 Å². The van der Waals surface area contributed by atoms with Crippen molar-refractivity contribution in [3.63, 3.8) is 0 Å².